The molecule has 9 heavy (non-hydrogen) atoms. The first kappa shape index (κ1) is 7.81. The summed E-state index contributed by atoms with van der Waals surface area (Å²) in [5.41, 5.74) is -0.407. The molecule has 0 aromatic heterocycles. The van der Waals surface area contributed by atoms with E-state index in [4.69, 9.17) is 5.11 Å². The van der Waals surface area contributed by atoms with E-state index in [1.807, 2.05) is 0 Å². The molecule has 4 heteroatoms. The predicted molar refractivity (Wildman–Crippen MR) is 31.8 cm³/mol. The van der Waals surface area contributed by atoms with E-state index in [1.165, 1.54) is 6.92 Å². The first-order valence-corrected chi connectivity index (χ1v) is 2.33. The van der Waals surface area contributed by atoms with Crippen molar-refractivity contribution in [2.24, 2.45) is 5.18 Å². The highest BCUT2D eigenvalue weighted by atomic mass is 16.3. The van der Waals surface area contributed by atoms with E-state index in [-0.39, 0.29) is 5.76 Å². The third kappa shape index (κ3) is 2.03. The van der Waals surface area contributed by atoms with Crippen LogP contribution in [0.25, 0.3) is 0 Å². The standard InChI is InChI=1S/C5H7NO3/c1-3(7)5(6-9)4(2)8/h7H,1-2H3. The summed E-state index contributed by atoms with van der Waals surface area (Å²) in [5.74, 6) is -0.859. The Kier molecular flexibility index (Phi) is 2.57. The molecule has 0 saturated heterocycles. The first-order valence-electron chi connectivity index (χ1n) is 2.33. The van der Waals surface area contributed by atoms with Crippen LogP contribution in [0.1, 0.15) is 13.8 Å². The van der Waals surface area contributed by atoms with Gasteiger partial charge in [-0.25, -0.2) is 0 Å². The quantitative estimate of drug-likeness (QED) is 0.345. The van der Waals surface area contributed by atoms with Gasteiger partial charge in [0.1, 0.15) is 5.76 Å². The first-order chi connectivity index (χ1) is 4.09. The van der Waals surface area contributed by atoms with Crippen molar-refractivity contribution in [3.05, 3.63) is 16.4 Å². The van der Waals surface area contributed by atoms with Crippen LogP contribution in [-0.2, 0) is 4.79 Å². The topological polar surface area (TPSA) is 66.7 Å². The van der Waals surface area contributed by atoms with Gasteiger partial charge in [0.15, 0.2) is 11.5 Å². The second-order valence-electron chi connectivity index (χ2n) is 1.58. The van der Waals surface area contributed by atoms with E-state index in [0.29, 0.717) is 0 Å². The van der Waals surface area contributed by atoms with Gasteiger partial charge in [-0.1, -0.05) is 0 Å². The SMILES string of the molecule is CC(=O)C(N=O)=C(C)O. The fourth-order valence-electron chi connectivity index (χ4n) is 0.385. The number of hydrogen-bond donors (Lipinski definition) is 1. The Morgan fingerprint density at radius 2 is 1.89 bits per heavy atom. The van der Waals surface area contributed by atoms with Crippen LogP contribution in [0.3, 0.4) is 0 Å². The van der Waals surface area contributed by atoms with Crippen LogP contribution in [0.2, 0.25) is 0 Å². The highest BCUT2D eigenvalue weighted by Gasteiger charge is 2.06. The second-order valence-corrected chi connectivity index (χ2v) is 1.58. The molecule has 0 aromatic carbocycles. The lowest BCUT2D eigenvalue weighted by Crippen LogP contribution is -1.95. The maximum Gasteiger partial charge on any atom is 0.187 e. The second kappa shape index (κ2) is 2.96. The number of carbonyl (C=O) groups is 1. The van der Waals surface area contributed by atoms with Crippen LogP contribution >= 0.6 is 0 Å². The smallest absolute Gasteiger partial charge is 0.187 e. The minimum atomic E-state index is -0.523. The molecule has 1 N–H and O–H groups in total. The fraction of sp³-hybridized carbons (Fsp3) is 0.400. The molecule has 0 fully saturated rings. The lowest BCUT2D eigenvalue weighted by Gasteiger charge is -1.90. The molecule has 0 amide bonds. The Balaban J connectivity index is 4.55. The molecule has 0 rings (SSSR count). The Hall–Kier alpha value is -1.19. The van der Waals surface area contributed by atoms with Gasteiger partial charge in [-0.2, -0.15) is 0 Å². The van der Waals surface area contributed by atoms with Crippen molar-refractivity contribution in [3.8, 4) is 0 Å². The van der Waals surface area contributed by atoms with Crippen molar-refractivity contribution in [1.82, 2.24) is 0 Å². The third-order valence-electron chi connectivity index (χ3n) is 0.767. The van der Waals surface area contributed by atoms with Crippen LogP contribution in [0.4, 0.5) is 0 Å². The highest BCUT2D eigenvalue weighted by molar-refractivity contribution is 5.93. The molecular formula is C5H7NO3. The van der Waals surface area contributed by atoms with E-state index in [2.05, 4.69) is 5.18 Å². The average molecular weight is 129 g/mol. The number of hydrogen-bond acceptors (Lipinski definition) is 4. The van der Waals surface area contributed by atoms with E-state index >= 15 is 0 Å². The molecule has 50 valence electrons. The largest absolute Gasteiger partial charge is 0.510 e. The molecule has 0 aromatic rings. The van der Waals surface area contributed by atoms with Crippen molar-refractivity contribution in [3.63, 3.8) is 0 Å². The third-order valence-corrected chi connectivity index (χ3v) is 0.767. The molecule has 0 radical (unpaired) electrons. The van der Waals surface area contributed by atoms with Gasteiger partial charge < -0.3 is 5.11 Å². The van der Waals surface area contributed by atoms with Crippen LogP contribution in [0.15, 0.2) is 16.6 Å². The molecule has 0 unspecified atom stereocenters. The zero-order chi connectivity index (χ0) is 7.44. The Labute approximate surface area is 52.2 Å². The van der Waals surface area contributed by atoms with Gasteiger partial charge in [-0.05, 0) is 12.1 Å². The number of nitrogens with zero attached hydrogens (tertiary/aromatic N) is 1. The van der Waals surface area contributed by atoms with Crippen LogP contribution in [-0.4, -0.2) is 10.9 Å². The Bertz CT molecular complexity index is 167. The highest BCUT2D eigenvalue weighted by Crippen LogP contribution is 2.02. The summed E-state index contributed by atoms with van der Waals surface area (Å²) in [6, 6.07) is 0. The molecule has 0 bridgehead atoms. The van der Waals surface area contributed by atoms with E-state index < -0.39 is 11.5 Å². The van der Waals surface area contributed by atoms with E-state index in [0.717, 1.165) is 6.92 Å². The number of Topliss-reactive ketones (excluding diaryl/α,β-unsaturated/α-hetero) is 1. The fourth-order valence-corrected chi connectivity index (χ4v) is 0.385. The van der Waals surface area contributed by atoms with Crippen molar-refractivity contribution >= 4 is 5.78 Å². The zero-order valence-corrected chi connectivity index (χ0v) is 5.21. The molecule has 0 spiro atoms. The number of ketones is 1. The number of aliphatic hydroxyl groups excluding tert-OH is 1. The molecule has 0 saturated carbocycles. The summed E-state index contributed by atoms with van der Waals surface area (Å²) in [6.07, 6.45) is 0. The van der Waals surface area contributed by atoms with Crippen LogP contribution < -0.4 is 0 Å². The summed E-state index contributed by atoms with van der Waals surface area (Å²) >= 11 is 0. The van der Waals surface area contributed by atoms with Gasteiger partial charge in [0.2, 0.25) is 0 Å². The molecule has 4 nitrogen and oxygen atoms in total. The number of allylic oxidation sites excluding steroid dienone is 2. The molecule has 0 aliphatic carbocycles. The van der Waals surface area contributed by atoms with Crippen molar-refractivity contribution in [2.75, 3.05) is 0 Å². The van der Waals surface area contributed by atoms with Crippen LogP contribution in [0.5, 0.6) is 0 Å². The minimum Gasteiger partial charge on any atom is -0.510 e. The minimum absolute atomic E-state index is 0.336. The maximum absolute atomic E-state index is 10.3. The molecule has 0 aliphatic rings. The molecule has 0 aliphatic heterocycles. The Morgan fingerprint density at radius 1 is 1.44 bits per heavy atom. The van der Waals surface area contributed by atoms with Crippen molar-refractivity contribution in [2.45, 2.75) is 13.8 Å². The predicted octanol–water partition coefficient (Wildman–Crippen LogP) is 1.13. The number of aliphatic hydroxyl groups is 1. The van der Waals surface area contributed by atoms with Crippen molar-refractivity contribution in [1.29, 1.82) is 0 Å². The normalized spacial score (nSPS) is 12.2. The van der Waals surface area contributed by atoms with Gasteiger partial charge in [0.05, 0.1) is 0 Å². The van der Waals surface area contributed by atoms with Gasteiger partial charge >= 0.3 is 0 Å². The molecular weight excluding hydrogens is 122 g/mol. The number of nitroso groups, excluding NO2 is 1. The van der Waals surface area contributed by atoms with E-state index in [9.17, 15) is 9.70 Å². The summed E-state index contributed by atoms with van der Waals surface area (Å²) < 4.78 is 0. The average Bonchev–Trinajstić information content (AvgIpc) is 1.64. The van der Waals surface area contributed by atoms with Gasteiger partial charge in [-0.3, -0.25) is 4.79 Å². The van der Waals surface area contributed by atoms with E-state index in [1.54, 1.807) is 0 Å². The Morgan fingerprint density at radius 3 is 1.89 bits per heavy atom. The lowest BCUT2D eigenvalue weighted by molar-refractivity contribution is -0.113. The summed E-state index contributed by atoms with van der Waals surface area (Å²) in [6.45, 7) is 2.40. The zero-order valence-electron chi connectivity index (χ0n) is 5.21. The molecule has 0 heterocycles. The lowest BCUT2D eigenvalue weighted by atomic mass is 10.3. The maximum atomic E-state index is 10.3. The molecule has 0 atom stereocenters. The summed E-state index contributed by atoms with van der Waals surface area (Å²) in [7, 11) is 0. The van der Waals surface area contributed by atoms with Gasteiger partial charge in [-0.15, -0.1) is 4.91 Å². The monoisotopic (exact) mass is 129 g/mol. The number of carbonyl (C=O) groups excluding carboxylic acids is 1. The number of rotatable bonds is 2. The summed E-state index contributed by atoms with van der Waals surface area (Å²) in [4.78, 5) is 20.0. The van der Waals surface area contributed by atoms with Gasteiger partial charge in [0.25, 0.3) is 0 Å². The van der Waals surface area contributed by atoms with Gasteiger partial charge in [0, 0.05) is 6.92 Å². The van der Waals surface area contributed by atoms with Crippen LogP contribution in [0, 0.1) is 4.91 Å². The summed E-state index contributed by atoms with van der Waals surface area (Å²) in [5, 5.41) is 10.9. The van der Waals surface area contributed by atoms with Crippen molar-refractivity contribution < 1.29 is 9.90 Å².